The van der Waals surface area contributed by atoms with Gasteiger partial charge in [-0.2, -0.15) is 0 Å². The van der Waals surface area contributed by atoms with E-state index < -0.39 is 11.6 Å². The molecule has 3 aliphatic rings. The number of nitrogens with zero attached hydrogens (tertiary/aromatic N) is 2. The maximum Gasteiger partial charge on any atom is 0.327 e. The second kappa shape index (κ2) is 6.09. The van der Waals surface area contributed by atoms with Crippen molar-refractivity contribution < 1.29 is 23.9 Å². The summed E-state index contributed by atoms with van der Waals surface area (Å²) in [5.74, 6) is -0.105. The summed E-state index contributed by atoms with van der Waals surface area (Å²) in [4.78, 5) is 36.7. The maximum atomic E-state index is 12.4. The Kier molecular flexibility index (Phi) is 4.57. The molecule has 3 saturated heterocycles. The van der Waals surface area contributed by atoms with Gasteiger partial charge in [-0.3, -0.25) is 9.69 Å². The molecule has 3 unspecified atom stereocenters. The second-order valence-electron chi connectivity index (χ2n) is 5.75. The summed E-state index contributed by atoms with van der Waals surface area (Å²) >= 11 is 0. The lowest BCUT2D eigenvalue weighted by Crippen LogP contribution is -2.48. The molecule has 3 rings (SSSR count). The quantitative estimate of drug-likeness (QED) is 0.508. The van der Waals surface area contributed by atoms with E-state index in [2.05, 4.69) is 11.5 Å². The van der Waals surface area contributed by atoms with E-state index >= 15 is 0 Å². The Balaban J connectivity index is 0.000000396. The zero-order valence-electron chi connectivity index (χ0n) is 12.8. The third-order valence-corrected chi connectivity index (χ3v) is 4.03. The highest BCUT2D eigenvalue weighted by Crippen LogP contribution is 2.33. The SMILES string of the molecule is CCC1(C)C(=O)N(CC2CO2)C(=O)N1CC1CO1.NC(N)=O. The smallest absolute Gasteiger partial charge is 0.327 e. The van der Waals surface area contributed by atoms with Crippen LogP contribution in [0.1, 0.15) is 20.3 Å². The fourth-order valence-corrected chi connectivity index (χ4v) is 2.39. The first-order valence-corrected chi connectivity index (χ1v) is 7.21. The van der Waals surface area contributed by atoms with E-state index in [0.717, 1.165) is 0 Å². The average Bonchev–Trinajstić information content (AvgIpc) is 3.33. The molecule has 124 valence electrons. The highest BCUT2D eigenvalue weighted by Gasteiger charge is 2.55. The molecule has 3 atom stereocenters. The highest BCUT2D eigenvalue weighted by atomic mass is 16.6. The Hall–Kier alpha value is -1.87. The van der Waals surface area contributed by atoms with Crippen LogP contribution in [0.15, 0.2) is 0 Å². The normalized spacial score (nSPS) is 32.6. The topological polar surface area (TPSA) is 135 Å². The van der Waals surface area contributed by atoms with Crippen molar-refractivity contribution in [1.29, 1.82) is 0 Å². The number of carbonyl (C=O) groups excluding carboxylic acids is 3. The van der Waals surface area contributed by atoms with E-state index in [1.807, 2.05) is 13.8 Å². The van der Waals surface area contributed by atoms with Crippen LogP contribution in [0.3, 0.4) is 0 Å². The molecule has 3 heterocycles. The van der Waals surface area contributed by atoms with Crippen molar-refractivity contribution in [3.63, 3.8) is 0 Å². The molecular formula is C13H22N4O5. The number of amides is 5. The molecule has 0 aromatic carbocycles. The molecule has 9 nitrogen and oxygen atoms in total. The number of hydrogen-bond acceptors (Lipinski definition) is 5. The molecule has 22 heavy (non-hydrogen) atoms. The van der Waals surface area contributed by atoms with Crippen LogP contribution in [0.2, 0.25) is 0 Å². The molecule has 5 amide bonds. The van der Waals surface area contributed by atoms with Crippen LogP contribution >= 0.6 is 0 Å². The van der Waals surface area contributed by atoms with Crippen LogP contribution in [-0.2, 0) is 14.3 Å². The predicted octanol–water partition coefficient (Wildman–Crippen LogP) is -0.759. The summed E-state index contributed by atoms with van der Waals surface area (Å²) in [6.07, 6.45) is 0.757. The Morgan fingerprint density at radius 3 is 2.09 bits per heavy atom. The molecule has 3 aliphatic heterocycles. The van der Waals surface area contributed by atoms with E-state index in [9.17, 15) is 9.59 Å². The summed E-state index contributed by atoms with van der Waals surface area (Å²) in [5.41, 5.74) is 7.78. The van der Waals surface area contributed by atoms with Gasteiger partial charge in [-0.05, 0) is 13.3 Å². The molecule has 0 saturated carbocycles. The van der Waals surface area contributed by atoms with E-state index in [-0.39, 0.29) is 24.1 Å². The lowest BCUT2D eigenvalue weighted by Gasteiger charge is -2.30. The van der Waals surface area contributed by atoms with Crippen LogP contribution in [0.5, 0.6) is 0 Å². The molecule has 0 spiro atoms. The zero-order valence-corrected chi connectivity index (χ0v) is 12.8. The van der Waals surface area contributed by atoms with Crippen molar-refractivity contribution >= 4 is 18.0 Å². The van der Waals surface area contributed by atoms with Crippen LogP contribution in [0, 0.1) is 0 Å². The number of hydrogen-bond donors (Lipinski definition) is 2. The monoisotopic (exact) mass is 314 g/mol. The van der Waals surface area contributed by atoms with Crippen LogP contribution in [-0.4, -0.2) is 71.8 Å². The minimum Gasteiger partial charge on any atom is -0.371 e. The number of ether oxygens (including phenoxy) is 2. The van der Waals surface area contributed by atoms with Crippen molar-refractivity contribution in [3.05, 3.63) is 0 Å². The van der Waals surface area contributed by atoms with Crippen molar-refractivity contribution in [2.45, 2.75) is 38.0 Å². The molecule has 0 aromatic rings. The first kappa shape index (κ1) is 16.5. The van der Waals surface area contributed by atoms with Crippen LogP contribution in [0.4, 0.5) is 9.59 Å². The zero-order chi connectivity index (χ0) is 16.5. The fraction of sp³-hybridized carbons (Fsp3) is 0.769. The van der Waals surface area contributed by atoms with E-state index in [0.29, 0.717) is 32.7 Å². The van der Waals surface area contributed by atoms with Gasteiger partial charge in [-0.25, -0.2) is 9.59 Å². The van der Waals surface area contributed by atoms with Gasteiger partial charge < -0.3 is 25.8 Å². The summed E-state index contributed by atoms with van der Waals surface area (Å²) < 4.78 is 10.3. The highest BCUT2D eigenvalue weighted by molar-refractivity contribution is 6.06. The van der Waals surface area contributed by atoms with Gasteiger partial charge in [-0.15, -0.1) is 0 Å². The van der Waals surface area contributed by atoms with Crippen molar-refractivity contribution in [3.8, 4) is 0 Å². The number of epoxide rings is 2. The van der Waals surface area contributed by atoms with Crippen LogP contribution < -0.4 is 11.5 Å². The Bertz CT molecular complexity index is 473. The largest absolute Gasteiger partial charge is 0.371 e. The van der Waals surface area contributed by atoms with Gasteiger partial charge in [0.05, 0.1) is 38.5 Å². The predicted molar refractivity (Wildman–Crippen MR) is 75.8 cm³/mol. The lowest BCUT2D eigenvalue weighted by molar-refractivity contribution is -0.132. The standard InChI is InChI=1S/C12H18N2O4.CH4N2O/c1-3-12(2)10(15)13(4-8-6-17-8)11(16)14(12)5-9-7-18-9;2-1(3)4/h8-9H,3-7H2,1-2H3;(H4,2,3,4). The molecule has 3 fully saturated rings. The maximum absolute atomic E-state index is 12.4. The minimum atomic E-state index is -0.833. The van der Waals surface area contributed by atoms with Gasteiger partial charge in [0.1, 0.15) is 5.54 Å². The Morgan fingerprint density at radius 2 is 1.68 bits per heavy atom. The van der Waals surface area contributed by atoms with Gasteiger partial charge in [0.2, 0.25) is 0 Å². The first-order chi connectivity index (χ1) is 10.3. The van der Waals surface area contributed by atoms with Crippen molar-refractivity contribution in [2.24, 2.45) is 11.5 Å². The van der Waals surface area contributed by atoms with Gasteiger partial charge >= 0.3 is 12.1 Å². The Morgan fingerprint density at radius 1 is 1.23 bits per heavy atom. The number of imide groups is 1. The summed E-state index contributed by atoms with van der Waals surface area (Å²) in [5, 5.41) is 0. The van der Waals surface area contributed by atoms with Crippen LogP contribution in [0.25, 0.3) is 0 Å². The number of rotatable bonds is 5. The summed E-state index contributed by atoms with van der Waals surface area (Å²) in [7, 11) is 0. The third kappa shape index (κ3) is 3.47. The fourth-order valence-electron chi connectivity index (χ4n) is 2.39. The molecule has 0 radical (unpaired) electrons. The van der Waals surface area contributed by atoms with E-state index in [4.69, 9.17) is 14.3 Å². The molecular weight excluding hydrogens is 292 g/mol. The Labute approximate surface area is 128 Å². The average molecular weight is 314 g/mol. The minimum absolute atomic E-state index is 0.0381. The van der Waals surface area contributed by atoms with Crippen molar-refractivity contribution in [2.75, 3.05) is 26.3 Å². The third-order valence-electron chi connectivity index (χ3n) is 4.03. The molecule has 9 heteroatoms. The first-order valence-electron chi connectivity index (χ1n) is 7.21. The molecule has 0 aliphatic carbocycles. The van der Waals surface area contributed by atoms with Gasteiger partial charge in [0, 0.05) is 0 Å². The second-order valence-corrected chi connectivity index (χ2v) is 5.75. The molecule has 0 bridgehead atoms. The number of primary amides is 2. The molecule has 0 aromatic heterocycles. The van der Waals surface area contributed by atoms with Gasteiger partial charge in [0.25, 0.3) is 5.91 Å². The van der Waals surface area contributed by atoms with Gasteiger partial charge in [0.15, 0.2) is 0 Å². The van der Waals surface area contributed by atoms with E-state index in [1.54, 1.807) is 4.90 Å². The lowest BCUT2D eigenvalue weighted by atomic mass is 9.97. The number of carbonyl (C=O) groups is 3. The van der Waals surface area contributed by atoms with Crippen molar-refractivity contribution in [1.82, 2.24) is 9.80 Å². The van der Waals surface area contributed by atoms with Gasteiger partial charge in [-0.1, -0.05) is 6.92 Å². The summed E-state index contributed by atoms with van der Waals surface area (Å²) in [6.45, 7) is 5.99. The van der Waals surface area contributed by atoms with E-state index in [1.165, 1.54) is 4.90 Å². The molecule has 4 N–H and O–H groups in total. The summed E-state index contributed by atoms with van der Waals surface area (Å²) in [6, 6.07) is -1.03. The number of urea groups is 2. The number of nitrogens with two attached hydrogens (primary N) is 2.